The smallest absolute Gasteiger partial charge is 0.225 e. The first kappa shape index (κ1) is 20.4. The molecule has 2 aliphatic rings. The third-order valence-corrected chi connectivity index (χ3v) is 5.76. The van der Waals surface area contributed by atoms with Gasteiger partial charge in [0.2, 0.25) is 5.91 Å². The van der Waals surface area contributed by atoms with Crippen LogP contribution in [0.25, 0.3) is 0 Å². The van der Waals surface area contributed by atoms with E-state index in [1.807, 2.05) is 11.1 Å². The van der Waals surface area contributed by atoms with Crippen LogP contribution in [0.2, 0.25) is 0 Å². The van der Waals surface area contributed by atoms with Crippen molar-refractivity contribution in [1.82, 2.24) is 20.5 Å². The molecule has 1 aromatic rings. The summed E-state index contributed by atoms with van der Waals surface area (Å²) in [4.78, 5) is 24.4. The molecule has 8 heteroatoms. The molecule has 0 spiro atoms. The molecule has 1 atom stereocenters. The monoisotopic (exact) mass is 477 g/mol. The summed E-state index contributed by atoms with van der Waals surface area (Å²) >= 11 is 1.69. The summed E-state index contributed by atoms with van der Waals surface area (Å²) < 4.78 is 0. The number of guanidine groups is 1. The van der Waals surface area contributed by atoms with Crippen LogP contribution in [0.1, 0.15) is 42.0 Å². The van der Waals surface area contributed by atoms with Crippen LogP contribution < -0.4 is 10.6 Å². The Morgan fingerprint density at radius 3 is 2.80 bits per heavy atom. The van der Waals surface area contributed by atoms with Gasteiger partial charge in [0.1, 0.15) is 5.01 Å². The van der Waals surface area contributed by atoms with Crippen LogP contribution >= 0.6 is 35.3 Å². The zero-order chi connectivity index (χ0) is 16.9. The number of amides is 1. The lowest BCUT2D eigenvalue weighted by atomic mass is 10.1. The van der Waals surface area contributed by atoms with Gasteiger partial charge in [-0.25, -0.2) is 4.98 Å². The van der Waals surface area contributed by atoms with Gasteiger partial charge in [0.05, 0.1) is 6.54 Å². The van der Waals surface area contributed by atoms with Crippen molar-refractivity contribution in [3.05, 3.63) is 16.1 Å². The molecule has 1 unspecified atom stereocenters. The minimum Gasteiger partial charge on any atom is -0.352 e. The van der Waals surface area contributed by atoms with Gasteiger partial charge in [-0.15, -0.1) is 35.3 Å². The Bertz CT molecular complexity index is 600. The Morgan fingerprint density at radius 2 is 2.16 bits per heavy atom. The number of aliphatic imine (C=N–C) groups is 1. The first-order valence-corrected chi connectivity index (χ1v) is 9.64. The molecule has 6 nitrogen and oxygen atoms in total. The second kappa shape index (κ2) is 9.70. The topological polar surface area (TPSA) is 69.6 Å². The quantitative estimate of drug-likeness (QED) is 0.398. The highest BCUT2D eigenvalue weighted by molar-refractivity contribution is 14.0. The molecule has 1 saturated heterocycles. The Hall–Kier alpha value is -0.900. The number of likely N-dealkylation sites (tertiary alicyclic amines) is 1. The molecule has 3 rings (SSSR count). The molecule has 140 valence electrons. The number of nitrogens with zero attached hydrogens (tertiary/aromatic N) is 3. The van der Waals surface area contributed by atoms with Gasteiger partial charge in [0.25, 0.3) is 0 Å². The second-order valence-corrected chi connectivity index (χ2v) is 8.01. The van der Waals surface area contributed by atoms with E-state index in [0.29, 0.717) is 12.5 Å². The number of nitrogens with one attached hydrogen (secondary N) is 2. The van der Waals surface area contributed by atoms with Crippen LogP contribution in [0.4, 0.5) is 0 Å². The van der Waals surface area contributed by atoms with E-state index in [9.17, 15) is 4.79 Å². The zero-order valence-electron chi connectivity index (χ0n) is 15.0. The molecule has 0 aromatic carbocycles. The first-order chi connectivity index (χ1) is 11.7. The largest absolute Gasteiger partial charge is 0.352 e. The van der Waals surface area contributed by atoms with Gasteiger partial charge in [-0.1, -0.05) is 12.8 Å². The average molecular weight is 477 g/mol. The van der Waals surface area contributed by atoms with E-state index in [4.69, 9.17) is 0 Å². The van der Waals surface area contributed by atoms with Crippen LogP contribution in [-0.2, 0) is 11.3 Å². The molecule has 1 amide bonds. The Labute approximate surface area is 170 Å². The fourth-order valence-corrected chi connectivity index (χ4v) is 4.27. The van der Waals surface area contributed by atoms with Crippen molar-refractivity contribution in [1.29, 1.82) is 0 Å². The molecule has 1 aliphatic heterocycles. The molecule has 0 bridgehead atoms. The zero-order valence-corrected chi connectivity index (χ0v) is 18.1. The number of rotatable bonds is 4. The summed E-state index contributed by atoms with van der Waals surface area (Å²) in [6.07, 6.45) is 7.43. The van der Waals surface area contributed by atoms with Gasteiger partial charge in [-0.2, -0.15) is 0 Å². The number of carbonyl (C=O) groups excluding carboxylic acids is 1. The summed E-state index contributed by atoms with van der Waals surface area (Å²) in [5, 5.41) is 7.80. The Kier molecular flexibility index (Phi) is 7.92. The average Bonchev–Trinajstić information content (AvgIpc) is 3.32. The molecule has 25 heavy (non-hydrogen) atoms. The van der Waals surface area contributed by atoms with E-state index in [1.54, 1.807) is 18.4 Å². The van der Waals surface area contributed by atoms with Crippen LogP contribution in [0.15, 0.2) is 11.2 Å². The molecule has 1 saturated carbocycles. The molecular weight excluding hydrogens is 449 g/mol. The number of halogens is 1. The van der Waals surface area contributed by atoms with E-state index in [1.165, 1.54) is 17.7 Å². The minimum absolute atomic E-state index is 0. The van der Waals surface area contributed by atoms with E-state index in [-0.39, 0.29) is 35.9 Å². The van der Waals surface area contributed by atoms with Crippen LogP contribution in [-0.4, -0.2) is 47.9 Å². The standard InChI is InChI=1S/C17H27N5OS.HI/c1-12-9-19-15(24-12)10-20-17(18-2)21-14-7-8-22(11-14)16(23)13-5-3-4-6-13;/h9,13-14H,3-8,10-11H2,1-2H3,(H2,18,20,21);1H. The van der Waals surface area contributed by atoms with Crippen molar-refractivity contribution in [3.63, 3.8) is 0 Å². The molecule has 2 heterocycles. The molecular formula is C17H28IN5OS. The number of aryl methyl sites for hydroxylation is 1. The van der Waals surface area contributed by atoms with Crippen molar-refractivity contribution in [2.45, 2.75) is 51.6 Å². The van der Waals surface area contributed by atoms with Gasteiger partial charge >= 0.3 is 0 Å². The summed E-state index contributed by atoms with van der Waals surface area (Å²) in [7, 11) is 1.78. The molecule has 1 aromatic heterocycles. The summed E-state index contributed by atoms with van der Waals surface area (Å²) in [6.45, 7) is 4.38. The van der Waals surface area contributed by atoms with Crippen molar-refractivity contribution in [2.24, 2.45) is 10.9 Å². The van der Waals surface area contributed by atoms with Crippen LogP contribution in [0, 0.1) is 12.8 Å². The number of thiazole rings is 1. The highest BCUT2D eigenvalue weighted by atomic mass is 127. The number of carbonyl (C=O) groups is 1. The Morgan fingerprint density at radius 1 is 1.40 bits per heavy atom. The fraction of sp³-hybridized carbons (Fsp3) is 0.706. The van der Waals surface area contributed by atoms with Gasteiger partial charge in [-0.05, 0) is 26.2 Å². The SMILES string of the molecule is CN=C(NCc1ncc(C)s1)NC1CCN(C(=O)C2CCCC2)C1.I. The van der Waals surface area contributed by atoms with Gasteiger partial charge < -0.3 is 15.5 Å². The lowest BCUT2D eigenvalue weighted by molar-refractivity contribution is -0.134. The van der Waals surface area contributed by atoms with Gasteiger partial charge in [0, 0.05) is 43.2 Å². The molecule has 1 aliphatic carbocycles. The molecule has 2 N–H and O–H groups in total. The normalized spacial score (nSPS) is 21.3. The third-order valence-electron chi connectivity index (χ3n) is 4.84. The van der Waals surface area contributed by atoms with Crippen molar-refractivity contribution >= 4 is 47.2 Å². The minimum atomic E-state index is 0. The maximum atomic E-state index is 12.5. The number of hydrogen-bond acceptors (Lipinski definition) is 4. The molecule has 2 fully saturated rings. The number of aromatic nitrogens is 1. The Balaban J connectivity index is 0.00000225. The van der Waals surface area contributed by atoms with E-state index in [2.05, 4.69) is 27.5 Å². The summed E-state index contributed by atoms with van der Waals surface area (Å²) in [5.41, 5.74) is 0. The fourth-order valence-electron chi connectivity index (χ4n) is 3.54. The van der Waals surface area contributed by atoms with Crippen molar-refractivity contribution in [3.8, 4) is 0 Å². The van der Waals surface area contributed by atoms with E-state index >= 15 is 0 Å². The van der Waals surface area contributed by atoms with E-state index < -0.39 is 0 Å². The summed E-state index contributed by atoms with van der Waals surface area (Å²) in [5.74, 6) is 1.41. The third kappa shape index (κ3) is 5.54. The van der Waals surface area contributed by atoms with Crippen molar-refractivity contribution in [2.75, 3.05) is 20.1 Å². The second-order valence-electron chi connectivity index (χ2n) is 6.69. The van der Waals surface area contributed by atoms with Gasteiger partial charge in [0.15, 0.2) is 5.96 Å². The number of hydrogen-bond donors (Lipinski definition) is 2. The van der Waals surface area contributed by atoms with Crippen LogP contribution in [0.5, 0.6) is 0 Å². The molecule has 0 radical (unpaired) electrons. The maximum absolute atomic E-state index is 12.5. The lowest BCUT2D eigenvalue weighted by Crippen LogP contribution is -2.45. The highest BCUT2D eigenvalue weighted by Crippen LogP contribution is 2.27. The predicted octanol–water partition coefficient (Wildman–Crippen LogP) is 2.53. The first-order valence-electron chi connectivity index (χ1n) is 8.83. The van der Waals surface area contributed by atoms with Crippen LogP contribution in [0.3, 0.4) is 0 Å². The maximum Gasteiger partial charge on any atom is 0.225 e. The van der Waals surface area contributed by atoms with Crippen molar-refractivity contribution < 1.29 is 4.79 Å². The van der Waals surface area contributed by atoms with E-state index in [0.717, 1.165) is 43.3 Å². The highest BCUT2D eigenvalue weighted by Gasteiger charge is 2.32. The predicted molar refractivity (Wildman–Crippen MR) is 113 cm³/mol. The lowest BCUT2D eigenvalue weighted by Gasteiger charge is -2.21. The van der Waals surface area contributed by atoms with Gasteiger partial charge in [-0.3, -0.25) is 9.79 Å². The summed E-state index contributed by atoms with van der Waals surface area (Å²) in [6, 6.07) is 0.277.